The van der Waals surface area contributed by atoms with Crippen LogP contribution in [0.5, 0.6) is 0 Å². The van der Waals surface area contributed by atoms with Gasteiger partial charge in [0.2, 0.25) is 11.8 Å². The van der Waals surface area contributed by atoms with Crippen molar-refractivity contribution in [3.05, 3.63) is 35.9 Å². The minimum absolute atomic E-state index is 0.00480. The lowest BCUT2D eigenvalue weighted by Crippen LogP contribution is -2.50. The Morgan fingerprint density at radius 2 is 1.42 bits per heavy atom. The topological polar surface area (TPSA) is 131 Å². The zero-order valence-electron chi connectivity index (χ0n) is 21.4. The van der Waals surface area contributed by atoms with Gasteiger partial charge in [-0.1, -0.05) is 49.6 Å². The van der Waals surface area contributed by atoms with E-state index >= 15 is 0 Å². The predicted molar refractivity (Wildman–Crippen MR) is 134 cm³/mol. The van der Waals surface area contributed by atoms with E-state index in [2.05, 4.69) is 20.1 Å². The standard InChI is InChI=1S/C27H40N2O7/c1-35-26(33)15-13-24(31)28-21(20-11-7-4-8-12-20)18-23(30)22(17-19-9-5-3-6-10-19)29-25(32)14-16-27(34)36-2/h3,5-6,9-10,20-23,30H,4,7-8,11-18H2,1-2H3,(H,28,31)(H,29,32)/t21?,22?,23-/m0/s1. The van der Waals surface area contributed by atoms with E-state index in [1.54, 1.807) is 0 Å². The Balaban J connectivity index is 2.11. The first-order valence-electron chi connectivity index (χ1n) is 12.8. The van der Waals surface area contributed by atoms with Crippen molar-refractivity contribution in [3.63, 3.8) is 0 Å². The Morgan fingerprint density at radius 1 is 0.861 bits per heavy atom. The molecule has 36 heavy (non-hydrogen) atoms. The molecule has 9 heteroatoms. The number of ether oxygens (including phenoxy) is 2. The molecule has 1 saturated carbocycles. The Labute approximate surface area is 213 Å². The second-order valence-electron chi connectivity index (χ2n) is 9.39. The van der Waals surface area contributed by atoms with Crippen LogP contribution in [0.1, 0.15) is 69.8 Å². The second kappa shape index (κ2) is 15.9. The molecule has 3 N–H and O–H groups in total. The number of benzene rings is 1. The Kier molecular flexibility index (Phi) is 13.0. The number of carbonyl (C=O) groups excluding carboxylic acids is 4. The van der Waals surface area contributed by atoms with Crippen LogP contribution in [-0.2, 0) is 35.1 Å². The first-order valence-corrected chi connectivity index (χ1v) is 12.8. The smallest absolute Gasteiger partial charge is 0.306 e. The second-order valence-corrected chi connectivity index (χ2v) is 9.39. The van der Waals surface area contributed by atoms with Gasteiger partial charge in [0, 0.05) is 18.9 Å². The average Bonchev–Trinajstić information content (AvgIpc) is 2.90. The normalized spacial score (nSPS) is 16.3. The van der Waals surface area contributed by atoms with Crippen molar-refractivity contribution in [1.82, 2.24) is 10.6 Å². The van der Waals surface area contributed by atoms with Gasteiger partial charge in [0.1, 0.15) is 0 Å². The summed E-state index contributed by atoms with van der Waals surface area (Å²) in [6.45, 7) is 0. The molecule has 1 fully saturated rings. The van der Waals surface area contributed by atoms with E-state index in [-0.39, 0.29) is 55.9 Å². The van der Waals surface area contributed by atoms with E-state index in [0.29, 0.717) is 6.42 Å². The highest BCUT2D eigenvalue weighted by Gasteiger charge is 2.31. The van der Waals surface area contributed by atoms with Crippen LogP contribution in [0.25, 0.3) is 0 Å². The first kappa shape index (κ1) is 29.3. The quantitative estimate of drug-likeness (QED) is 0.332. The summed E-state index contributed by atoms with van der Waals surface area (Å²) in [5, 5.41) is 17.2. The highest BCUT2D eigenvalue weighted by molar-refractivity contribution is 5.82. The number of aliphatic hydroxyl groups is 1. The van der Waals surface area contributed by atoms with Gasteiger partial charge < -0.3 is 25.2 Å². The zero-order chi connectivity index (χ0) is 26.3. The van der Waals surface area contributed by atoms with Crippen LogP contribution in [0.3, 0.4) is 0 Å². The van der Waals surface area contributed by atoms with Gasteiger partial charge in [-0.25, -0.2) is 0 Å². The van der Waals surface area contributed by atoms with E-state index in [4.69, 9.17) is 0 Å². The van der Waals surface area contributed by atoms with E-state index < -0.39 is 24.1 Å². The Morgan fingerprint density at radius 3 is 1.97 bits per heavy atom. The molecule has 2 amide bonds. The van der Waals surface area contributed by atoms with Gasteiger partial charge >= 0.3 is 11.9 Å². The summed E-state index contributed by atoms with van der Waals surface area (Å²) in [6, 6.07) is 8.65. The van der Waals surface area contributed by atoms with Crippen LogP contribution >= 0.6 is 0 Å². The fraction of sp³-hybridized carbons (Fsp3) is 0.630. The maximum atomic E-state index is 12.6. The summed E-state index contributed by atoms with van der Waals surface area (Å²) >= 11 is 0. The largest absolute Gasteiger partial charge is 0.469 e. The molecule has 2 unspecified atom stereocenters. The fourth-order valence-electron chi connectivity index (χ4n) is 4.67. The van der Waals surface area contributed by atoms with Crippen LogP contribution in [0, 0.1) is 5.92 Å². The third kappa shape index (κ3) is 10.8. The summed E-state index contributed by atoms with van der Waals surface area (Å²) in [4.78, 5) is 48.1. The minimum atomic E-state index is -0.930. The van der Waals surface area contributed by atoms with Gasteiger partial charge in [-0.15, -0.1) is 0 Å². The molecule has 1 aliphatic carbocycles. The maximum Gasteiger partial charge on any atom is 0.306 e. The van der Waals surface area contributed by atoms with Gasteiger partial charge in [-0.2, -0.15) is 0 Å². The molecule has 0 radical (unpaired) electrons. The number of rotatable bonds is 14. The van der Waals surface area contributed by atoms with Crippen molar-refractivity contribution in [3.8, 4) is 0 Å². The number of amides is 2. The highest BCUT2D eigenvalue weighted by atomic mass is 16.5. The molecule has 0 aromatic heterocycles. The molecule has 3 atom stereocenters. The molecule has 1 aliphatic rings. The molecule has 1 aromatic carbocycles. The van der Waals surface area contributed by atoms with Crippen LogP contribution in [0.2, 0.25) is 0 Å². The van der Waals surface area contributed by atoms with Crippen LogP contribution in [0.15, 0.2) is 30.3 Å². The van der Waals surface area contributed by atoms with Crippen molar-refractivity contribution in [2.24, 2.45) is 5.92 Å². The van der Waals surface area contributed by atoms with Gasteiger partial charge in [0.25, 0.3) is 0 Å². The number of hydrogen-bond acceptors (Lipinski definition) is 7. The van der Waals surface area contributed by atoms with Crippen LogP contribution < -0.4 is 10.6 Å². The first-order chi connectivity index (χ1) is 17.3. The summed E-state index contributed by atoms with van der Waals surface area (Å²) < 4.78 is 9.23. The Hall–Kier alpha value is -2.94. The zero-order valence-corrected chi connectivity index (χ0v) is 21.4. The van der Waals surface area contributed by atoms with E-state index in [9.17, 15) is 24.3 Å². The van der Waals surface area contributed by atoms with Crippen molar-refractivity contribution in [1.29, 1.82) is 0 Å². The van der Waals surface area contributed by atoms with Crippen molar-refractivity contribution < 1.29 is 33.8 Å². The summed E-state index contributed by atoms with van der Waals surface area (Å²) in [5.74, 6) is -1.32. The number of nitrogens with one attached hydrogen (secondary N) is 2. The molecular weight excluding hydrogens is 464 g/mol. The average molecular weight is 505 g/mol. The molecule has 1 aromatic rings. The third-order valence-corrected chi connectivity index (χ3v) is 6.74. The number of hydrogen-bond donors (Lipinski definition) is 3. The summed E-state index contributed by atoms with van der Waals surface area (Å²) in [5.41, 5.74) is 0.950. The molecule has 9 nitrogen and oxygen atoms in total. The molecule has 200 valence electrons. The van der Waals surface area contributed by atoms with E-state index in [1.807, 2.05) is 30.3 Å². The highest BCUT2D eigenvalue weighted by Crippen LogP contribution is 2.29. The molecule has 0 saturated heterocycles. The van der Waals surface area contributed by atoms with Crippen LogP contribution in [0.4, 0.5) is 0 Å². The van der Waals surface area contributed by atoms with Crippen molar-refractivity contribution in [2.45, 2.75) is 88.8 Å². The van der Waals surface area contributed by atoms with Gasteiger partial charge in [0.15, 0.2) is 0 Å². The molecule has 0 heterocycles. The monoisotopic (exact) mass is 504 g/mol. The molecule has 0 aliphatic heterocycles. The predicted octanol–water partition coefficient (Wildman–Crippen LogP) is 2.44. The lowest BCUT2D eigenvalue weighted by molar-refractivity contribution is -0.142. The fourth-order valence-corrected chi connectivity index (χ4v) is 4.67. The van der Waals surface area contributed by atoms with Crippen molar-refractivity contribution in [2.75, 3.05) is 14.2 Å². The lowest BCUT2D eigenvalue weighted by Gasteiger charge is -2.34. The Bertz CT molecular complexity index is 840. The van der Waals surface area contributed by atoms with Crippen LogP contribution in [-0.4, -0.2) is 61.3 Å². The number of aliphatic hydroxyl groups excluding tert-OH is 1. The van der Waals surface area contributed by atoms with Crippen molar-refractivity contribution >= 4 is 23.8 Å². The number of methoxy groups -OCH3 is 2. The SMILES string of the molecule is COC(=O)CCC(=O)NC(C[C@H](O)C(Cc1ccccc1)NC(=O)CCC(=O)OC)C1CCCCC1. The van der Waals surface area contributed by atoms with Gasteiger partial charge in [0.05, 0.1) is 39.2 Å². The summed E-state index contributed by atoms with van der Waals surface area (Å²) in [7, 11) is 2.56. The third-order valence-electron chi connectivity index (χ3n) is 6.74. The number of carbonyl (C=O) groups is 4. The van der Waals surface area contributed by atoms with Gasteiger partial charge in [-0.05, 0) is 37.2 Å². The lowest BCUT2D eigenvalue weighted by atomic mass is 9.80. The molecule has 2 rings (SSSR count). The summed E-state index contributed by atoms with van der Waals surface area (Å²) in [6.07, 6.45) is 4.84. The number of esters is 2. The van der Waals surface area contributed by atoms with Gasteiger partial charge in [-0.3, -0.25) is 19.2 Å². The molecule has 0 bridgehead atoms. The van der Waals surface area contributed by atoms with E-state index in [1.165, 1.54) is 14.2 Å². The van der Waals surface area contributed by atoms with E-state index in [0.717, 1.165) is 37.7 Å². The maximum absolute atomic E-state index is 12.6. The minimum Gasteiger partial charge on any atom is -0.469 e. The molecular formula is C27H40N2O7. The molecule has 0 spiro atoms.